The Morgan fingerprint density at radius 3 is 2.62 bits per heavy atom. The average molecular weight is 368 g/mol. The van der Waals surface area contributed by atoms with Crippen LogP contribution in [0.5, 0.6) is 0 Å². The zero-order chi connectivity index (χ0) is 17.9. The minimum Gasteiger partial charge on any atom is -0.467 e. The van der Waals surface area contributed by atoms with Crippen LogP contribution in [0.15, 0.2) is 61.8 Å². The molecule has 3 aromatic heterocycles. The normalized spacial score (nSPS) is 15.9. The van der Waals surface area contributed by atoms with Crippen molar-refractivity contribution in [2.45, 2.75) is 26.9 Å². The Kier molecular flexibility index (Phi) is 4.71. The first-order valence-corrected chi connectivity index (χ1v) is 9.41. The zero-order valence-electron chi connectivity index (χ0n) is 14.7. The third-order valence-corrected chi connectivity index (χ3v) is 5.28. The molecule has 0 atom stereocenters. The average Bonchev–Trinajstić information content (AvgIpc) is 3.40. The van der Waals surface area contributed by atoms with Crippen LogP contribution in [0.25, 0.3) is 0 Å². The fourth-order valence-electron chi connectivity index (χ4n) is 2.98. The number of furan rings is 2. The summed E-state index contributed by atoms with van der Waals surface area (Å²) >= 11 is 1.66. The Hall–Kier alpha value is -2.67. The van der Waals surface area contributed by atoms with E-state index in [1.54, 1.807) is 24.3 Å². The van der Waals surface area contributed by atoms with E-state index in [9.17, 15) is 0 Å². The number of hydrogen-bond acceptors (Lipinski definition) is 5. The molecule has 0 radical (unpaired) electrons. The molecule has 0 fully saturated rings. The van der Waals surface area contributed by atoms with Crippen LogP contribution >= 0.6 is 11.8 Å². The van der Waals surface area contributed by atoms with Crippen LogP contribution in [0.1, 0.15) is 28.5 Å². The smallest absolute Gasteiger partial charge is 0.177 e. The largest absolute Gasteiger partial charge is 0.467 e. The molecule has 1 aliphatic rings. The lowest BCUT2D eigenvalue weighted by atomic mass is 10.1. The van der Waals surface area contributed by atoms with Gasteiger partial charge in [0.2, 0.25) is 0 Å². The molecule has 0 spiro atoms. The van der Waals surface area contributed by atoms with E-state index >= 15 is 0 Å². The number of aryl methyl sites for hydroxylation is 1. The van der Waals surface area contributed by atoms with Crippen molar-refractivity contribution < 1.29 is 8.83 Å². The molecule has 3 aromatic rings. The number of aliphatic imine (C=N–C) groups is 1. The van der Waals surface area contributed by atoms with Crippen LogP contribution in [0, 0.1) is 13.8 Å². The number of rotatable bonds is 5. The maximum Gasteiger partial charge on any atom is 0.177 e. The second-order valence-electron chi connectivity index (χ2n) is 6.11. The van der Waals surface area contributed by atoms with Crippen LogP contribution in [0.4, 0.5) is 0 Å². The highest BCUT2D eigenvalue weighted by atomic mass is 32.2. The summed E-state index contributed by atoms with van der Waals surface area (Å²) in [6.07, 6.45) is 3.37. The van der Waals surface area contributed by atoms with E-state index in [1.807, 2.05) is 24.3 Å². The quantitative estimate of drug-likeness (QED) is 0.741. The van der Waals surface area contributed by atoms with E-state index in [4.69, 9.17) is 8.83 Å². The molecule has 6 nitrogen and oxygen atoms in total. The summed E-state index contributed by atoms with van der Waals surface area (Å²) < 4.78 is 13.0. The van der Waals surface area contributed by atoms with E-state index < -0.39 is 0 Å². The van der Waals surface area contributed by atoms with Crippen molar-refractivity contribution in [1.29, 1.82) is 0 Å². The van der Waals surface area contributed by atoms with Gasteiger partial charge in [-0.15, -0.1) is 0 Å². The molecule has 0 amide bonds. The first-order valence-electron chi connectivity index (χ1n) is 8.42. The SMILES string of the molecule is Cc1cc(C2=NNC(=NCc3ccco3)SC2)c(C)n1Cc1ccco1. The molecule has 0 aliphatic carbocycles. The molecule has 0 saturated heterocycles. The van der Waals surface area contributed by atoms with E-state index in [1.165, 1.54) is 17.0 Å². The Morgan fingerprint density at radius 1 is 1.19 bits per heavy atom. The van der Waals surface area contributed by atoms with Crippen LogP contribution in [0.2, 0.25) is 0 Å². The number of nitrogens with zero attached hydrogens (tertiary/aromatic N) is 3. The van der Waals surface area contributed by atoms with Gasteiger partial charge in [0.05, 0.1) is 31.3 Å². The van der Waals surface area contributed by atoms with Gasteiger partial charge in [-0.3, -0.25) is 10.4 Å². The molecular formula is C19H20N4O2S. The summed E-state index contributed by atoms with van der Waals surface area (Å²) in [5.74, 6) is 2.58. The van der Waals surface area contributed by atoms with Crippen molar-refractivity contribution >= 4 is 22.6 Å². The lowest BCUT2D eigenvalue weighted by Crippen LogP contribution is -2.25. The third-order valence-electron chi connectivity index (χ3n) is 4.37. The van der Waals surface area contributed by atoms with Gasteiger partial charge >= 0.3 is 0 Å². The summed E-state index contributed by atoms with van der Waals surface area (Å²) in [4.78, 5) is 4.50. The number of amidine groups is 1. The molecule has 4 heterocycles. The molecule has 4 rings (SSSR count). The van der Waals surface area contributed by atoms with E-state index in [0.29, 0.717) is 6.54 Å². The monoisotopic (exact) mass is 368 g/mol. The highest BCUT2D eigenvalue weighted by Crippen LogP contribution is 2.22. The van der Waals surface area contributed by atoms with Crippen molar-refractivity contribution in [3.8, 4) is 0 Å². The van der Waals surface area contributed by atoms with Crippen LogP contribution in [0.3, 0.4) is 0 Å². The summed E-state index contributed by atoms with van der Waals surface area (Å²) in [7, 11) is 0. The fourth-order valence-corrected chi connectivity index (χ4v) is 3.74. The molecule has 7 heteroatoms. The summed E-state index contributed by atoms with van der Waals surface area (Å²) in [6.45, 7) is 5.48. The first-order chi connectivity index (χ1) is 12.7. The Bertz CT molecular complexity index is 937. The fraction of sp³-hybridized carbons (Fsp3) is 0.263. The van der Waals surface area contributed by atoms with Gasteiger partial charge in [-0.25, -0.2) is 0 Å². The summed E-state index contributed by atoms with van der Waals surface area (Å²) in [5.41, 5.74) is 7.65. The maximum absolute atomic E-state index is 5.48. The van der Waals surface area contributed by atoms with Crippen molar-refractivity contribution in [3.05, 3.63) is 71.3 Å². The standard InChI is InChI=1S/C19H20N4O2S/c1-13-9-17(14(2)23(13)11-16-6-4-8-25-16)18-12-26-19(22-21-18)20-10-15-5-3-7-24-15/h3-9H,10-12H2,1-2H3,(H,20,22). The molecule has 0 bridgehead atoms. The van der Waals surface area contributed by atoms with Crippen molar-refractivity contribution in [2.24, 2.45) is 10.1 Å². The van der Waals surface area contributed by atoms with Gasteiger partial charge in [-0.1, -0.05) is 11.8 Å². The van der Waals surface area contributed by atoms with E-state index in [-0.39, 0.29) is 0 Å². The van der Waals surface area contributed by atoms with Crippen molar-refractivity contribution in [1.82, 2.24) is 9.99 Å². The molecular weight excluding hydrogens is 348 g/mol. The zero-order valence-corrected chi connectivity index (χ0v) is 15.5. The number of hydrazone groups is 1. The van der Waals surface area contributed by atoms with Gasteiger partial charge < -0.3 is 13.4 Å². The maximum atomic E-state index is 5.48. The van der Waals surface area contributed by atoms with E-state index in [2.05, 4.69) is 40.0 Å². The van der Waals surface area contributed by atoms with Gasteiger partial charge in [0.15, 0.2) is 5.17 Å². The molecule has 1 N–H and O–H groups in total. The number of nitrogens with one attached hydrogen (secondary N) is 1. The molecule has 26 heavy (non-hydrogen) atoms. The highest BCUT2D eigenvalue weighted by molar-refractivity contribution is 8.14. The molecule has 1 aliphatic heterocycles. The highest BCUT2D eigenvalue weighted by Gasteiger charge is 2.19. The van der Waals surface area contributed by atoms with Gasteiger partial charge in [0.1, 0.15) is 11.5 Å². The summed E-state index contributed by atoms with van der Waals surface area (Å²) in [5, 5.41) is 5.36. The number of thioether (sulfide) groups is 1. The van der Waals surface area contributed by atoms with Crippen molar-refractivity contribution in [2.75, 3.05) is 5.75 Å². The topological polar surface area (TPSA) is 68.0 Å². The minimum absolute atomic E-state index is 0.519. The van der Waals surface area contributed by atoms with Crippen LogP contribution < -0.4 is 5.43 Å². The lowest BCUT2D eigenvalue weighted by Gasteiger charge is -2.15. The Labute approximate surface area is 156 Å². The molecule has 0 aromatic carbocycles. The number of aromatic nitrogens is 1. The molecule has 0 saturated carbocycles. The van der Waals surface area contributed by atoms with Gasteiger partial charge in [-0.2, -0.15) is 5.10 Å². The predicted octanol–water partition coefficient (Wildman–Crippen LogP) is 3.94. The molecule has 0 unspecified atom stereocenters. The lowest BCUT2D eigenvalue weighted by molar-refractivity contribution is 0.489. The van der Waals surface area contributed by atoms with Crippen LogP contribution in [-0.2, 0) is 13.1 Å². The Balaban J connectivity index is 1.49. The second kappa shape index (κ2) is 7.29. The Morgan fingerprint density at radius 2 is 1.96 bits per heavy atom. The van der Waals surface area contributed by atoms with Crippen molar-refractivity contribution in [3.63, 3.8) is 0 Å². The minimum atomic E-state index is 0.519. The van der Waals surface area contributed by atoms with Gasteiger partial charge in [0.25, 0.3) is 0 Å². The van der Waals surface area contributed by atoms with Crippen LogP contribution in [-0.4, -0.2) is 21.2 Å². The number of hydrogen-bond donors (Lipinski definition) is 1. The third kappa shape index (κ3) is 3.48. The predicted molar refractivity (Wildman–Crippen MR) is 104 cm³/mol. The van der Waals surface area contributed by atoms with Gasteiger partial charge in [0, 0.05) is 22.7 Å². The first kappa shape index (κ1) is 16.8. The van der Waals surface area contributed by atoms with E-state index in [0.717, 1.165) is 34.7 Å². The summed E-state index contributed by atoms with van der Waals surface area (Å²) in [6, 6.07) is 9.88. The second-order valence-corrected chi connectivity index (χ2v) is 7.07. The molecule has 134 valence electrons. The van der Waals surface area contributed by atoms with Gasteiger partial charge in [-0.05, 0) is 44.2 Å².